The number of thioether (sulfide) groups is 1. The van der Waals surface area contributed by atoms with Gasteiger partial charge in [-0.15, -0.1) is 0 Å². The molecule has 3 aliphatic rings. The van der Waals surface area contributed by atoms with Gasteiger partial charge in [-0.05, 0) is 37.0 Å². The Balaban J connectivity index is 1.27. The number of para-hydroxylation sites is 1. The van der Waals surface area contributed by atoms with Gasteiger partial charge in [-0.2, -0.15) is 5.10 Å². The van der Waals surface area contributed by atoms with Gasteiger partial charge < -0.3 is 15.1 Å². The van der Waals surface area contributed by atoms with E-state index < -0.39 is 5.82 Å². The monoisotopic (exact) mass is 481 g/mol. The van der Waals surface area contributed by atoms with Gasteiger partial charge >= 0.3 is 0 Å². The van der Waals surface area contributed by atoms with Crippen LogP contribution in [0.25, 0.3) is 0 Å². The second kappa shape index (κ2) is 10.0. The molecule has 3 unspecified atom stereocenters. The number of nitrogens with zero attached hydrogens (tertiary/aromatic N) is 3. The van der Waals surface area contributed by atoms with Gasteiger partial charge in [0.2, 0.25) is 11.8 Å². The molecule has 2 aromatic carbocycles. The molecular weight excluding hydrogens is 453 g/mol. The Bertz CT molecular complexity index is 1080. The van der Waals surface area contributed by atoms with Crippen LogP contribution in [0, 0.1) is 11.7 Å². The topological polar surface area (TPSA) is 77.0 Å². The van der Waals surface area contributed by atoms with Gasteiger partial charge in [0.15, 0.2) is 11.5 Å². The predicted octanol–water partition coefficient (Wildman–Crippen LogP) is 3.60. The van der Waals surface area contributed by atoms with Crippen LogP contribution in [0.3, 0.4) is 0 Å². The SMILES string of the molecule is O=C(CSC1=NNC2N(CCc3ccccc3)C(=O)C3CCCCC3N12)Nc1ccccc1F. The molecular formula is C25H28FN5O2S. The summed E-state index contributed by atoms with van der Waals surface area (Å²) in [4.78, 5) is 30.0. The van der Waals surface area contributed by atoms with E-state index in [9.17, 15) is 14.0 Å². The molecule has 9 heteroatoms. The molecule has 5 rings (SSSR count). The summed E-state index contributed by atoms with van der Waals surface area (Å²) in [6, 6.07) is 16.3. The molecule has 2 aliphatic heterocycles. The summed E-state index contributed by atoms with van der Waals surface area (Å²) in [5.41, 5.74) is 4.50. The molecule has 0 radical (unpaired) electrons. The Hall–Kier alpha value is -3.07. The molecule has 1 aliphatic carbocycles. The lowest BCUT2D eigenvalue weighted by Crippen LogP contribution is -2.67. The van der Waals surface area contributed by atoms with E-state index in [1.807, 2.05) is 23.1 Å². The third-order valence-electron chi connectivity index (χ3n) is 6.71. The number of amides is 2. The molecule has 2 fully saturated rings. The van der Waals surface area contributed by atoms with E-state index >= 15 is 0 Å². The summed E-state index contributed by atoms with van der Waals surface area (Å²) in [6.45, 7) is 0.599. The highest BCUT2D eigenvalue weighted by atomic mass is 32.2. The Labute approximate surface area is 202 Å². The minimum atomic E-state index is -0.463. The second-order valence-corrected chi connectivity index (χ2v) is 9.79. The highest BCUT2D eigenvalue weighted by Gasteiger charge is 2.50. The van der Waals surface area contributed by atoms with Crippen LogP contribution < -0.4 is 10.7 Å². The van der Waals surface area contributed by atoms with Gasteiger partial charge in [0, 0.05) is 12.6 Å². The molecule has 2 N–H and O–H groups in total. The van der Waals surface area contributed by atoms with Crippen molar-refractivity contribution >= 4 is 34.4 Å². The number of hydrogen-bond donors (Lipinski definition) is 2. The zero-order chi connectivity index (χ0) is 23.5. The molecule has 1 saturated heterocycles. The Morgan fingerprint density at radius 2 is 1.88 bits per heavy atom. The fourth-order valence-electron chi connectivity index (χ4n) is 5.06. The first-order valence-corrected chi connectivity index (χ1v) is 12.7. The van der Waals surface area contributed by atoms with E-state index in [1.165, 1.54) is 29.5 Å². The highest BCUT2D eigenvalue weighted by Crippen LogP contribution is 2.38. The Kier molecular flexibility index (Phi) is 6.71. The highest BCUT2D eigenvalue weighted by molar-refractivity contribution is 8.14. The Morgan fingerprint density at radius 3 is 2.71 bits per heavy atom. The largest absolute Gasteiger partial charge is 0.323 e. The number of anilines is 1. The van der Waals surface area contributed by atoms with E-state index in [2.05, 4.69) is 32.9 Å². The molecule has 3 atom stereocenters. The summed E-state index contributed by atoms with van der Waals surface area (Å²) in [7, 11) is 0. The maximum absolute atomic E-state index is 13.9. The van der Waals surface area contributed by atoms with E-state index in [1.54, 1.807) is 12.1 Å². The molecule has 1 saturated carbocycles. The van der Waals surface area contributed by atoms with Crippen molar-refractivity contribution in [1.82, 2.24) is 15.2 Å². The van der Waals surface area contributed by atoms with Crippen molar-refractivity contribution in [2.24, 2.45) is 11.0 Å². The number of nitrogens with one attached hydrogen (secondary N) is 2. The van der Waals surface area contributed by atoms with Crippen LogP contribution in [0.5, 0.6) is 0 Å². The third-order valence-corrected chi connectivity index (χ3v) is 7.67. The van der Waals surface area contributed by atoms with Crippen molar-refractivity contribution in [2.75, 3.05) is 17.6 Å². The quantitative estimate of drug-likeness (QED) is 0.659. The number of rotatable bonds is 6. The maximum atomic E-state index is 13.9. The lowest BCUT2D eigenvalue weighted by molar-refractivity contribution is -0.155. The average molecular weight is 482 g/mol. The average Bonchev–Trinajstić information content (AvgIpc) is 3.29. The van der Waals surface area contributed by atoms with Crippen molar-refractivity contribution in [3.05, 3.63) is 66.0 Å². The minimum absolute atomic E-state index is 0.0567. The normalized spacial score (nSPS) is 23.6. The number of hydrogen-bond acceptors (Lipinski definition) is 6. The lowest BCUT2D eigenvalue weighted by atomic mass is 9.81. The van der Waals surface area contributed by atoms with Crippen LogP contribution in [0.2, 0.25) is 0 Å². The van der Waals surface area contributed by atoms with Crippen LogP contribution in [-0.4, -0.2) is 51.4 Å². The second-order valence-electron chi connectivity index (χ2n) is 8.85. The predicted molar refractivity (Wildman–Crippen MR) is 131 cm³/mol. The number of carbonyl (C=O) groups is 2. The number of fused-ring (bicyclic) bond motifs is 3. The molecule has 2 aromatic rings. The number of amidine groups is 1. The van der Waals surface area contributed by atoms with E-state index in [0.717, 1.165) is 32.1 Å². The van der Waals surface area contributed by atoms with Crippen LogP contribution in [0.15, 0.2) is 59.7 Å². The number of halogens is 1. The standard InChI is InChI=1S/C25H28FN5O2S/c26-19-11-5-6-12-20(19)27-22(32)16-34-25-29-28-24-30(15-14-17-8-2-1-3-9-17)23(33)18-10-4-7-13-21(18)31(24)25/h1-3,5-6,8-9,11-12,18,21,24,28H,4,7,10,13-16H2,(H,27,32). The lowest BCUT2D eigenvalue weighted by Gasteiger charge is -2.50. The maximum Gasteiger partial charge on any atom is 0.234 e. The number of benzene rings is 2. The molecule has 34 heavy (non-hydrogen) atoms. The molecule has 0 aromatic heterocycles. The van der Waals surface area contributed by atoms with Crippen molar-refractivity contribution in [3.63, 3.8) is 0 Å². The van der Waals surface area contributed by atoms with Crippen molar-refractivity contribution in [2.45, 2.75) is 44.4 Å². The molecule has 0 bridgehead atoms. The van der Waals surface area contributed by atoms with Crippen LogP contribution in [0.1, 0.15) is 31.2 Å². The molecule has 7 nitrogen and oxygen atoms in total. The van der Waals surface area contributed by atoms with E-state index in [0.29, 0.717) is 11.7 Å². The van der Waals surface area contributed by atoms with Gasteiger partial charge in [-0.1, -0.05) is 67.1 Å². The number of carbonyl (C=O) groups excluding carboxylic acids is 2. The van der Waals surface area contributed by atoms with Crippen molar-refractivity contribution < 1.29 is 14.0 Å². The molecule has 2 amide bonds. The van der Waals surface area contributed by atoms with Gasteiger partial charge in [-0.25, -0.2) is 4.39 Å². The summed E-state index contributed by atoms with van der Waals surface area (Å²) in [5, 5.41) is 7.85. The van der Waals surface area contributed by atoms with Crippen LogP contribution >= 0.6 is 11.8 Å². The third kappa shape index (κ3) is 4.61. The van der Waals surface area contributed by atoms with Crippen molar-refractivity contribution in [1.29, 1.82) is 0 Å². The van der Waals surface area contributed by atoms with Crippen LogP contribution in [0.4, 0.5) is 10.1 Å². The molecule has 178 valence electrons. The summed E-state index contributed by atoms with van der Waals surface area (Å²) < 4.78 is 13.9. The van der Waals surface area contributed by atoms with Crippen LogP contribution in [-0.2, 0) is 16.0 Å². The Morgan fingerprint density at radius 1 is 1.12 bits per heavy atom. The molecule has 0 spiro atoms. The first-order chi connectivity index (χ1) is 16.6. The van der Waals surface area contributed by atoms with Gasteiger partial charge in [0.05, 0.1) is 17.4 Å². The fraction of sp³-hybridized carbons (Fsp3) is 0.400. The summed E-state index contributed by atoms with van der Waals surface area (Å²) in [6.07, 6.45) is 4.36. The van der Waals surface area contributed by atoms with Crippen molar-refractivity contribution in [3.8, 4) is 0 Å². The molecule has 2 heterocycles. The van der Waals surface area contributed by atoms with Gasteiger partial charge in [-0.3, -0.25) is 15.0 Å². The first kappa shape index (κ1) is 22.7. The first-order valence-electron chi connectivity index (χ1n) is 11.7. The van der Waals surface area contributed by atoms with E-state index in [-0.39, 0.29) is 41.5 Å². The zero-order valence-electron chi connectivity index (χ0n) is 18.8. The zero-order valence-corrected chi connectivity index (χ0v) is 19.6. The summed E-state index contributed by atoms with van der Waals surface area (Å²) >= 11 is 1.32. The fourth-order valence-corrected chi connectivity index (χ4v) is 5.89. The number of hydrazone groups is 1. The summed E-state index contributed by atoms with van der Waals surface area (Å²) in [5.74, 6) is -0.523. The van der Waals surface area contributed by atoms with Gasteiger partial charge in [0.1, 0.15) is 5.82 Å². The van der Waals surface area contributed by atoms with Gasteiger partial charge in [0.25, 0.3) is 0 Å². The minimum Gasteiger partial charge on any atom is -0.323 e. The smallest absolute Gasteiger partial charge is 0.234 e. The van der Waals surface area contributed by atoms with E-state index in [4.69, 9.17) is 0 Å².